The summed E-state index contributed by atoms with van der Waals surface area (Å²) in [4.78, 5) is 4.05. The van der Waals surface area contributed by atoms with Crippen molar-refractivity contribution < 1.29 is 23.0 Å². The molecular weight excluding hydrogens is 450 g/mol. The minimum absolute atomic E-state index is 0.0282. The van der Waals surface area contributed by atoms with E-state index in [1.54, 1.807) is 25.1 Å². The van der Waals surface area contributed by atoms with E-state index < -0.39 is 16.1 Å². The Bertz CT molecular complexity index is 1120. The first-order valence-electron chi connectivity index (χ1n) is 8.75. The molecule has 30 heavy (non-hydrogen) atoms. The van der Waals surface area contributed by atoms with E-state index in [0.29, 0.717) is 22.6 Å². The Morgan fingerprint density at radius 2 is 1.97 bits per heavy atom. The molecule has 3 aromatic rings. The van der Waals surface area contributed by atoms with Crippen LogP contribution in [0, 0.1) is 0 Å². The van der Waals surface area contributed by atoms with Gasteiger partial charge in [0.2, 0.25) is 5.13 Å². The maximum Gasteiger partial charge on any atom is 0.266 e. The number of benzene rings is 2. The van der Waals surface area contributed by atoms with E-state index in [4.69, 9.17) is 21.1 Å². The summed E-state index contributed by atoms with van der Waals surface area (Å²) in [5, 5.41) is 10.1. The van der Waals surface area contributed by atoms with Gasteiger partial charge in [0.25, 0.3) is 10.0 Å². The number of sulfonamides is 1. The molecule has 1 N–H and O–H groups in total. The van der Waals surface area contributed by atoms with Crippen LogP contribution >= 0.6 is 23.1 Å². The second-order valence-corrected chi connectivity index (χ2v) is 9.30. The number of methoxy groups -OCH3 is 2. The van der Waals surface area contributed by atoms with Crippen LogP contribution in [0.4, 0.5) is 5.13 Å². The van der Waals surface area contributed by atoms with Crippen LogP contribution in [0.15, 0.2) is 47.6 Å². The van der Waals surface area contributed by atoms with Gasteiger partial charge in [0.15, 0.2) is 0 Å². The van der Waals surface area contributed by atoms with Crippen LogP contribution in [0.3, 0.4) is 0 Å². The Balaban J connectivity index is 2.06. The number of aromatic nitrogens is 2. The molecule has 8 nitrogen and oxygen atoms in total. The number of ether oxygens (including phenoxy) is 2. The highest BCUT2D eigenvalue weighted by atomic mass is 35.5. The summed E-state index contributed by atoms with van der Waals surface area (Å²) < 4.78 is 42.6. The molecule has 0 bridgehead atoms. The van der Waals surface area contributed by atoms with E-state index in [1.165, 1.54) is 38.7 Å². The molecule has 0 aliphatic heterocycles. The fraction of sp³-hybridized carbons (Fsp3) is 0.263. The smallest absolute Gasteiger partial charge is 0.266 e. The first kappa shape index (κ1) is 22.3. The second kappa shape index (κ2) is 9.17. The van der Waals surface area contributed by atoms with Crippen molar-refractivity contribution >= 4 is 38.3 Å². The molecule has 1 aromatic heterocycles. The Morgan fingerprint density at radius 1 is 1.20 bits per heavy atom. The molecule has 0 radical (unpaired) electrons. The Morgan fingerprint density at radius 3 is 2.53 bits per heavy atom. The third kappa shape index (κ3) is 4.51. The molecule has 1 unspecified atom stereocenters. The fourth-order valence-electron chi connectivity index (χ4n) is 2.80. The molecule has 0 amide bonds. The predicted octanol–water partition coefficient (Wildman–Crippen LogP) is 3.66. The second-order valence-electron chi connectivity index (χ2n) is 6.27. The Hall–Kier alpha value is -2.40. The lowest BCUT2D eigenvalue weighted by molar-refractivity contribution is 0.199. The Labute approximate surface area is 183 Å². The minimum Gasteiger partial charge on any atom is -0.497 e. The lowest BCUT2D eigenvalue weighted by Crippen LogP contribution is -2.30. The van der Waals surface area contributed by atoms with Crippen molar-refractivity contribution in [3.63, 3.8) is 0 Å². The van der Waals surface area contributed by atoms with Crippen molar-refractivity contribution in [1.29, 1.82) is 0 Å². The van der Waals surface area contributed by atoms with Crippen molar-refractivity contribution in [2.45, 2.75) is 24.5 Å². The summed E-state index contributed by atoms with van der Waals surface area (Å²) in [6.07, 6.45) is 0.467. The number of rotatable bonds is 8. The van der Waals surface area contributed by atoms with Gasteiger partial charge in [-0.05, 0) is 36.8 Å². The van der Waals surface area contributed by atoms with Gasteiger partial charge in [-0.3, -0.25) is 0 Å². The number of aliphatic hydroxyl groups excluding tert-OH is 1. The zero-order valence-corrected chi connectivity index (χ0v) is 18.8. The molecule has 2 aromatic carbocycles. The zero-order valence-electron chi connectivity index (χ0n) is 16.4. The van der Waals surface area contributed by atoms with E-state index in [1.807, 2.05) is 0 Å². The van der Waals surface area contributed by atoms with Gasteiger partial charge in [0, 0.05) is 28.2 Å². The monoisotopic (exact) mass is 469 g/mol. The van der Waals surface area contributed by atoms with E-state index >= 15 is 0 Å². The summed E-state index contributed by atoms with van der Waals surface area (Å²) in [5.74, 6) is 1.06. The van der Waals surface area contributed by atoms with Crippen LogP contribution in [0.2, 0.25) is 5.02 Å². The number of hydrogen-bond donors (Lipinski definition) is 1. The average molecular weight is 470 g/mol. The van der Waals surface area contributed by atoms with Crippen molar-refractivity contribution in [3.05, 3.63) is 58.9 Å². The first-order chi connectivity index (χ1) is 14.3. The maximum atomic E-state index is 13.5. The largest absolute Gasteiger partial charge is 0.497 e. The van der Waals surface area contributed by atoms with Crippen LogP contribution in [0.25, 0.3) is 0 Å². The highest BCUT2D eigenvalue weighted by Crippen LogP contribution is 2.33. The number of hydrogen-bond acceptors (Lipinski definition) is 8. The topological polar surface area (TPSA) is 102 Å². The number of nitrogens with zero attached hydrogens (tertiary/aromatic N) is 3. The van der Waals surface area contributed by atoms with Gasteiger partial charge in [-0.15, -0.1) is 0 Å². The van der Waals surface area contributed by atoms with Crippen molar-refractivity contribution in [2.24, 2.45) is 0 Å². The zero-order chi connectivity index (χ0) is 21.9. The minimum atomic E-state index is -4.04. The van der Waals surface area contributed by atoms with Gasteiger partial charge in [0.05, 0.1) is 31.8 Å². The van der Waals surface area contributed by atoms with Gasteiger partial charge in [-0.25, -0.2) is 17.7 Å². The third-order valence-electron chi connectivity index (χ3n) is 4.38. The van der Waals surface area contributed by atoms with Gasteiger partial charge >= 0.3 is 0 Å². The lowest BCUT2D eigenvalue weighted by atomic mass is 10.1. The molecule has 0 aliphatic carbocycles. The normalized spacial score (nSPS) is 12.4. The molecule has 0 aliphatic rings. The Kier molecular flexibility index (Phi) is 6.81. The van der Waals surface area contributed by atoms with Crippen LogP contribution in [0.1, 0.15) is 24.2 Å². The maximum absolute atomic E-state index is 13.5. The molecule has 11 heteroatoms. The summed E-state index contributed by atoms with van der Waals surface area (Å²) >= 11 is 7.15. The molecule has 0 fully saturated rings. The summed E-state index contributed by atoms with van der Waals surface area (Å²) in [6.45, 7) is 1.51. The standard InChI is InChI=1S/C19H20ClN3O5S2/c1-12(24)16-7-6-15(9-17(16)20)30(25,26)23(19-21-11-22-29-19)10-13-4-5-14(27-2)8-18(13)28-3/h4-9,11-12,24H,10H2,1-3H3. The molecule has 0 saturated carbocycles. The lowest BCUT2D eigenvalue weighted by Gasteiger charge is -2.23. The van der Waals surface area contributed by atoms with Crippen molar-refractivity contribution in [2.75, 3.05) is 18.5 Å². The van der Waals surface area contributed by atoms with Gasteiger partial charge in [0.1, 0.15) is 17.8 Å². The van der Waals surface area contributed by atoms with Gasteiger partial charge in [-0.1, -0.05) is 17.7 Å². The van der Waals surface area contributed by atoms with E-state index in [9.17, 15) is 13.5 Å². The highest BCUT2D eigenvalue weighted by molar-refractivity contribution is 7.93. The molecule has 1 heterocycles. The van der Waals surface area contributed by atoms with Crippen molar-refractivity contribution in [3.8, 4) is 11.5 Å². The van der Waals surface area contributed by atoms with Crippen LogP contribution in [-0.4, -0.2) is 37.1 Å². The van der Waals surface area contributed by atoms with Crippen LogP contribution < -0.4 is 13.8 Å². The van der Waals surface area contributed by atoms with Gasteiger partial charge < -0.3 is 14.6 Å². The summed E-state index contributed by atoms with van der Waals surface area (Å²) in [7, 11) is -1.01. The first-order valence-corrected chi connectivity index (χ1v) is 11.3. The molecule has 1 atom stereocenters. The van der Waals surface area contributed by atoms with E-state index in [0.717, 1.165) is 15.8 Å². The number of halogens is 1. The van der Waals surface area contributed by atoms with Gasteiger partial charge in [-0.2, -0.15) is 4.37 Å². The van der Waals surface area contributed by atoms with Crippen molar-refractivity contribution in [1.82, 2.24) is 9.36 Å². The molecule has 3 rings (SSSR count). The summed E-state index contributed by atoms with van der Waals surface area (Å²) in [6, 6.07) is 9.34. The molecular formula is C19H20ClN3O5S2. The summed E-state index contributed by atoms with van der Waals surface area (Å²) in [5.41, 5.74) is 1.05. The SMILES string of the molecule is COc1ccc(CN(c2ncns2)S(=O)(=O)c2ccc(C(C)O)c(Cl)c2)c(OC)c1. The quantitative estimate of drug-likeness (QED) is 0.537. The predicted molar refractivity (Wildman–Crippen MR) is 115 cm³/mol. The van der Waals surface area contributed by atoms with E-state index in [-0.39, 0.29) is 21.6 Å². The fourth-order valence-corrected chi connectivity index (χ4v) is 5.36. The molecule has 0 saturated heterocycles. The van der Waals surface area contributed by atoms with E-state index in [2.05, 4.69) is 9.36 Å². The molecule has 0 spiro atoms. The van der Waals surface area contributed by atoms with Crippen LogP contribution in [-0.2, 0) is 16.6 Å². The van der Waals surface area contributed by atoms with Crippen LogP contribution in [0.5, 0.6) is 11.5 Å². The average Bonchev–Trinajstić information content (AvgIpc) is 3.25. The third-order valence-corrected chi connectivity index (χ3v) is 7.24. The number of aliphatic hydroxyl groups is 1. The highest BCUT2D eigenvalue weighted by Gasteiger charge is 2.29. The number of anilines is 1. The molecule has 160 valence electrons.